The maximum absolute atomic E-state index is 8.64. The van der Waals surface area contributed by atoms with Crippen LogP contribution in [0.2, 0.25) is 0 Å². The van der Waals surface area contributed by atoms with Crippen LogP contribution in [0.4, 0.5) is 0 Å². The van der Waals surface area contributed by atoms with E-state index >= 15 is 0 Å². The summed E-state index contributed by atoms with van der Waals surface area (Å²) in [5, 5.41) is 34.6. The molecule has 12 heteroatoms. The molecule has 4 fully saturated rings. The van der Waals surface area contributed by atoms with E-state index in [0.717, 1.165) is 224 Å². The summed E-state index contributed by atoms with van der Waals surface area (Å²) in [5.41, 5.74) is 4.17. The Kier molecular flexibility index (Phi) is 22.2. The molecule has 7 rings (SSSR count). The number of benzene rings is 3. The topological polar surface area (TPSA) is 145 Å². The van der Waals surface area contributed by atoms with Gasteiger partial charge in [0.05, 0.1) is 49.8 Å². The van der Waals surface area contributed by atoms with Crippen LogP contribution in [0.15, 0.2) is 60.7 Å². The molecule has 3 aromatic rings. The van der Waals surface area contributed by atoms with Crippen molar-refractivity contribution in [2.45, 2.75) is 130 Å². The molecule has 0 unspecified atom stereocenters. The Labute approximate surface area is 444 Å². The number of nitrogens with one attached hydrogen (secondary N) is 4. The lowest BCUT2D eigenvalue weighted by Crippen LogP contribution is -2.34. The van der Waals surface area contributed by atoms with Crippen LogP contribution in [0.1, 0.15) is 153 Å². The molecule has 3 aromatic carbocycles. The molecule has 4 aliphatic carbocycles. The van der Waals surface area contributed by atoms with Crippen LogP contribution >= 0.6 is 0 Å². The predicted molar refractivity (Wildman–Crippen MR) is 307 cm³/mol. The van der Waals surface area contributed by atoms with Crippen molar-refractivity contribution in [1.82, 2.24) is 19.6 Å². The minimum Gasteiger partial charge on any atom is -0.493 e. The highest BCUT2D eigenvalue weighted by atomic mass is 16.5. The van der Waals surface area contributed by atoms with Crippen molar-refractivity contribution in [3.8, 4) is 23.0 Å². The molecule has 0 heterocycles. The van der Waals surface area contributed by atoms with Crippen LogP contribution < -0.4 is 18.9 Å². The summed E-state index contributed by atoms with van der Waals surface area (Å²) in [5.74, 6) is 8.08. The van der Waals surface area contributed by atoms with E-state index in [1.54, 1.807) is 0 Å². The fourth-order valence-corrected chi connectivity index (χ4v) is 9.55. The van der Waals surface area contributed by atoms with Crippen molar-refractivity contribution in [1.29, 1.82) is 21.6 Å². The minimum atomic E-state index is 0.444. The molecule has 0 atom stereocenters. The van der Waals surface area contributed by atoms with Gasteiger partial charge in [0.15, 0.2) is 0 Å². The first-order valence-corrected chi connectivity index (χ1v) is 28.8. The standard InChI is InChI=1S/C62H90N8O4/c1-5-29-67(59(63)51-21-22-51)33-9-37-71-55-41-49(42-56(45-55)72-38-10-34-68(30-6-2)60(64)52-23-24-52)19-17-47-13-15-48(16-14-47)18-20-50-43-57(73-39-11-35-69(31-7-3)61(65)53-25-26-53)46-58(44-50)74-40-12-36-70(32-8-4)62(66)54-27-28-54/h13-20,41-46,51-54,63-66H,5-12,21-40H2,1-4H3/b19-17+,20-18+,63-59?,64-60?,65-61?,66-62?. The number of ether oxygens (including phenoxy) is 4. The Morgan fingerprint density at radius 2 is 0.595 bits per heavy atom. The van der Waals surface area contributed by atoms with Gasteiger partial charge >= 0.3 is 0 Å². The van der Waals surface area contributed by atoms with E-state index in [9.17, 15) is 0 Å². The number of amidine groups is 4. The first-order valence-electron chi connectivity index (χ1n) is 28.8. The molecule has 0 saturated heterocycles. The summed E-state index contributed by atoms with van der Waals surface area (Å²) in [7, 11) is 0. The fraction of sp³-hybridized carbons (Fsp3) is 0.581. The van der Waals surface area contributed by atoms with Crippen molar-refractivity contribution in [2.75, 3.05) is 78.8 Å². The third kappa shape index (κ3) is 18.9. The highest BCUT2D eigenvalue weighted by molar-refractivity contribution is 5.85. The van der Waals surface area contributed by atoms with E-state index in [0.29, 0.717) is 50.1 Å². The van der Waals surface area contributed by atoms with Gasteiger partial charge in [-0.05, 0) is 149 Å². The smallest absolute Gasteiger partial charge is 0.123 e. The highest BCUT2D eigenvalue weighted by Crippen LogP contribution is 2.34. The lowest BCUT2D eigenvalue weighted by molar-refractivity contribution is 0.272. The summed E-state index contributed by atoms with van der Waals surface area (Å²) in [6.45, 7) is 18.0. The van der Waals surface area contributed by atoms with E-state index in [1.807, 2.05) is 12.1 Å². The van der Waals surface area contributed by atoms with E-state index in [-0.39, 0.29) is 0 Å². The molecule has 0 bridgehead atoms. The molecule has 4 aliphatic rings. The van der Waals surface area contributed by atoms with Crippen molar-refractivity contribution in [2.24, 2.45) is 23.7 Å². The largest absolute Gasteiger partial charge is 0.493 e. The van der Waals surface area contributed by atoms with Gasteiger partial charge in [-0.2, -0.15) is 0 Å². The second-order valence-electron chi connectivity index (χ2n) is 21.2. The Morgan fingerprint density at radius 1 is 0.365 bits per heavy atom. The molecule has 4 N–H and O–H groups in total. The Morgan fingerprint density at radius 3 is 0.811 bits per heavy atom. The fourth-order valence-electron chi connectivity index (χ4n) is 9.55. The van der Waals surface area contributed by atoms with Crippen LogP contribution in [0.25, 0.3) is 24.3 Å². The average molecular weight is 1010 g/mol. The zero-order valence-electron chi connectivity index (χ0n) is 45.6. The summed E-state index contributed by atoms with van der Waals surface area (Å²) in [4.78, 5) is 8.96. The number of nitrogens with zero attached hydrogens (tertiary/aromatic N) is 4. The molecule has 402 valence electrons. The molecule has 0 aromatic heterocycles. The van der Waals surface area contributed by atoms with Gasteiger partial charge in [-0.1, -0.05) is 76.3 Å². The Hall–Kier alpha value is -5.78. The molecule has 0 amide bonds. The molecule has 74 heavy (non-hydrogen) atoms. The second kappa shape index (κ2) is 29.3. The van der Waals surface area contributed by atoms with Crippen molar-refractivity contribution in [3.05, 3.63) is 82.9 Å². The lowest BCUT2D eigenvalue weighted by atomic mass is 10.1. The normalized spacial score (nSPS) is 15.3. The quantitative estimate of drug-likeness (QED) is 0.0195. The van der Waals surface area contributed by atoms with Crippen molar-refractivity contribution >= 4 is 47.6 Å². The summed E-state index contributed by atoms with van der Waals surface area (Å²) in [6, 6.07) is 20.9. The molecule has 12 nitrogen and oxygen atoms in total. The van der Waals surface area contributed by atoms with Gasteiger partial charge in [-0.15, -0.1) is 0 Å². The van der Waals surface area contributed by atoms with E-state index in [1.165, 1.54) is 0 Å². The van der Waals surface area contributed by atoms with Crippen molar-refractivity contribution in [3.63, 3.8) is 0 Å². The van der Waals surface area contributed by atoms with E-state index < -0.39 is 0 Å². The molecule has 4 saturated carbocycles. The summed E-state index contributed by atoms with van der Waals surface area (Å²) < 4.78 is 25.5. The van der Waals surface area contributed by atoms with Crippen LogP contribution in [-0.4, -0.2) is 122 Å². The number of hydrogen-bond acceptors (Lipinski definition) is 8. The first-order chi connectivity index (χ1) is 36.1. The SMILES string of the molecule is CCCN(CCCOc1cc(/C=C/c2ccc(/C=C/c3cc(OCCCN(CCC)C(=N)C4CC4)cc(OCCCN(CCC)C(=N)C4CC4)c3)cc2)cc(OCCCN(CCC)C(=N)C2CC2)c1)C(=N)C1CC1. The second-order valence-corrected chi connectivity index (χ2v) is 21.2. The van der Waals surface area contributed by atoms with Gasteiger partial charge in [0, 0.05) is 88.2 Å². The zero-order valence-corrected chi connectivity index (χ0v) is 45.6. The van der Waals surface area contributed by atoms with Crippen LogP contribution in [0.5, 0.6) is 23.0 Å². The third-order valence-electron chi connectivity index (χ3n) is 14.2. The minimum absolute atomic E-state index is 0.444. The third-order valence-corrected chi connectivity index (χ3v) is 14.2. The zero-order chi connectivity index (χ0) is 52.1. The predicted octanol–water partition coefficient (Wildman–Crippen LogP) is 13.5. The molecule has 0 aliphatic heterocycles. The van der Waals surface area contributed by atoms with Crippen LogP contribution in [-0.2, 0) is 0 Å². The summed E-state index contributed by atoms with van der Waals surface area (Å²) >= 11 is 0. The van der Waals surface area contributed by atoms with E-state index in [2.05, 4.69) is 120 Å². The van der Waals surface area contributed by atoms with Crippen molar-refractivity contribution < 1.29 is 18.9 Å². The molecular formula is C62H90N8O4. The number of hydrogen-bond donors (Lipinski definition) is 4. The Bertz CT molecular complexity index is 2030. The monoisotopic (exact) mass is 1010 g/mol. The molecule has 0 spiro atoms. The maximum atomic E-state index is 8.64. The Balaban J connectivity index is 0.980. The average Bonchev–Trinajstić information content (AvgIpc) is 4.19. The first kappa shape index (κ1) is 56.0. The van der Waals surface area contributed by atoms with Crippen LogP contribution in [0.3, 0.4) is 0 Å². The molecule has 0 radical (unpaired) electrons. The highest BCUT2D eigenvalue weighted by Gasteiger charge is 2.32. The van der Waals surface area contributed by atoms with Gasteiger partial charge in [0.1, 0.15) is 23.0 Å². The molecular weight excluding hydrogens is 921 g/mol. The number of rotatable bonds is 36. The van der Waals surface area contributed by atoms with Crippen LogP contribution in [0, 0.1) is 45.3 Å². The van der Waals surface area contributed by atoms with Gasteiger partial charge in [-0.3, -0.25) is 21.6 Å². The maximum Gasteiger partial charge on any atom is 0.123 e. The van der Waals surface area contributed by atoms with Gasteiger partial charge in [-0.25, -0.2) is 0 Å². The van der Waals surface area contributed by atoms with Gasteiger partial charge < -0.3 is 38.5 Å². The van der Waals surface area contributed by atoms with Gasteiger partial charge in [0.2, 0.25) is 0 Å². The van der Waals surface area contributed by atoms with E-state index in [4.69, 9.17) is 40.6 Å². The van der Waals surface area contributed by atoms with Gasteiger partial charge in [0.25, 0.3) is 0 Å². The lowest BCUT2D eigenvalue weighted by Gasteiger charge is -2.25. The summed E-state index contributed by atoms with van der Waals surface area (Å²) in [6.07, 6.45) is 25.2.